The number of carbonyl (C=O) groups excluding carboxylic acids is 1. The Labute approximate surface area is 127 Å². The van der Waals surface area contributed by atoms with Gasteiger partial charge in [0.2, 0.25) is 5.91 Å². The Balaban J connectivity index is 2.62. The van der Waals surface area contributed by atoms with E-state index in [0.717, 1.165) is 30.4 Å². The summed E-state index contributed by atoms with van der Waals surface area (Å²) < 4.78 is 0. The van der Waals surface area contributed by atoms with E-state index in [9.17, 15) is 9.59 Å². The van der Waals surface area contributed by atoms with Gasteiger partial charge in [0.1, 0.15) is 0 Å². The number of thioether (sulfide) groups is 1. The zero-order chi connectivity index (χ0) is 15.0. The van der Waals surface area contributed by atoms with E-state index in [1.165, 1.54) is 0 Å². The van der Waals surface area contributed by atoms with Crippen molar-refractivity contribution in [2.45, 2.75) is 13.3 Å². The average molecular weight is 317 g/mol. The molecule has 0 aromatic heterocycles. The van der Waals surface area contributed by atoms with Gasteiger partial charge in [0.15, 0.2) is 0 Å². The van der Waals surface area contributed by atoms with E-state index >= 15 is 0 Å². The maximum atomic E-state index is 11.7. The number of benzene rings is 1. The lowest BCUT2D eigenvalue weighted by molar-refractivity contribution is -0.133. The van der Waals surface area contributed by atoms with Crippen LogP contribution in [0.5, 0.6) is 0 Å². The fraction of sp³-hybridized carbons (Fsp3) is 0.385. The SMILES string of the molecule is CCCNc1ccc(Cl)cc1NC(=O)CSCC(=O)O. The van der Waals surface area contributed by atoms with Gasteiger partial charge in [0.25, 0.3) is 0 Å². The predicted molar refractivity (Wildman–Crippen MR) is 83.8 cm³/mol. The molecule has 20 heavy (non-hydrogen) atoms. The van der Waals surface area contributed by atoms with Crippen LogP contribution in [-0.2, 0) is 9.59 Å². The Bertz CT molecular complexity index is 483. The molecule has 3 N–H and O–H groups in total. The molecule has 0 aliphatic rings. The third kappa shape index (κ3) is 6.16. The molecule has 1 aromatic carbocycles. The number of anilines is 2. The van der Waals surface area contributed by atoms with Crippen molar-refractivity contribution >= 4 is 46.6 Å². The molecule has 0 saturated carbocycles. The number of aliphatic carboxylic acids is 1. The van der Waals surface area contributed by atoms with Gasteiger partial charge >= 0.3 is 5.97 Å². The van der Waals surface area contributed by atoms with Crippen LogP contribution >= 0.6 is 23.4 Å². The van der Waals surface area contributed by atoms with Gasteiger partial charge in [-0.15, -0.1) is 11.8 Å². The highest BCUT2D eigenvalue weighted by atomic mass is 35.5. The lowest BCUT2D eigenvalue weighted by Gasteiger charge is -2.13. The molecule has 0 saturated heterocycles. The van der Waals surface area contributed by atoms with Crippen LogP contribution in [0.4, 0.5) is 11.4 Å². The lowest BCUT2D eigenvalue weighted by Crippen LogP contribution is -2.17. The standard InChI is InChI=1S/C13H17ClN2O3S/c1-2-5-15-10-4-3-9(14)6-11(10)16-12(17)7-20-8-13(18)19/h3-4,6,15H,2,5,7-8H2,1H3,(H,16,17)(H,18,19). The molecular weight excluding hydrogens is 300 g/mol. The largest absolute Gasteiger partial charge is 0.481 e. The first kappa shape index (κ1) is 16.7. The van der Waals surface area contributed by atoms with Crippen molar-refractivity contribution < 1.29 is 14.7 Å². The van der Waals surface area contributed by atoms with Gasteiger partial charge in [-0.2, -0.15) is 0 Å². The predicted octanol–water partition coefficient (Wildman–Crippen LogP) is 2.92. The number of carboxylic acid groups (broad SMARTS) is 1. The minimum absolute atomic E-state index is 0.0893. The highest BCUT2D eigenvalue weighted by Gasteiger charge is 2.08. The van der Waals surface area contributed by atoms with Gasteiger partial charge in [-0.25, -0.2) is 0 Å². The van der Waals surface area contributed by atoms with E-state index in [1.54, 1.807) is 18.2 Å². The Morgan fingerprint density at radius 1 is 1.30 bits per heavy atom. The summed E-state index contributed by atoms with van der Waals surface area (Å²) in [4.78, 5) is 22.1. The van der Waals surface area contributed by atoms with Crippen molar-refractivity contribution in [3.8, 4) is 0 Å². The smallest absolute Gasteiger partial charge is 0.313 e. The minimum Gasteiger partial charge on any atom is -0.481 e. The summed E-state index contributed by atoms with van der Waals surface area (Å²) in [7, 11) is 0. The maximum absolute atomic E-state index is 11.7. The molecule has 0 unspecified atom stereocenters. The van der Waals surface area contributed by atoms with Gasteiger partial charge in [0, 0.05) is 11.6 Å². The van der Waals surface area contributed by atoms with Gasteiger partial charge in [0.05, 0.1) is 22.9 Å². The van der Waals surface area contributed by atoms with Crippen molar-refractivity contribution in [1.82, 2.24) is 0 Å². The van der Waals surface area contributed by atoms with Crippen molar-refractivity contribution in [3.05, 3.63) is 23.2 Å². The highest BCUT2D eigenvalue weighted by molar-refractivity contribution is 8.00. The summed E-state index contributed by atoms with van der Waals surface area (Å²) in [5.41, 5.74) is 1.40. The molecule has 0 spiro atoms. The summed E-state index contributed by atoms with van der Waals surface area (Å²) in [5, 5.41) is 15.0. The van der Waals surface area contributed by atoms with Crippen LogP contribution in [0.1, 0.15) is 13.3 Å². The molecule has 110 valence electrons. The van der Waals surface area contributed by atoms with Crippen molar-refractivity contribution in [2.24, 2.45) is 0 Å². The highest BCUT2D eigenvalue weighted by Crippen LogP contribution is 2.26. The monoisotopic (exact) mass is 316 g/mol. The molecule has 1 aromatic rings. The summed E-state index contributed by atoms with van der Waals surface area (Å²) in [6.45, 7) is 2.84. The molecular formula is C13H17ClN2O3S. The molecule has 5 nitrogen and oxygen atoms in total. The lowest BCUT2D eigenvalue weighted by atomic mass is 10.2. The van der Waals surface area contributed by atoms with Crippen molar-refractivity contribution in [2.75, 3.05) is 28.7 Å². The van der Waals surface area contributed by atoms with E-state index < -0.39 is 5.97 Å². The van der Waals surface area contributed by atoms with Crippen molar-refractivity contribution in [1.29, 1.82) is 0 Å². The first-order valence-electron chi connectivity index (χ1n) is 6.15. The van der Waals surface area contributed by atoms with Crippen LogP contribution in [0, 0.1) is 0 Å². The first-order valence-corrected chi connectivity index (χ1v) is 7.69. The van der Waals surface area contributed by atoms with E-state index in [4.69, 9.17) is 16.7 Å². The van der Waals surface area contributed by atoms with Crippen LogP contribution in [0.25, 0.3) is 0 Å². The fourth-order valence-electron chi connectivity index (χ4n) is 1.45. The minimum atomic E-state index is -0.934. The molecule has 1 rings (SSSR count). The van der Waals surface area contributed by atoms with Crippen LogP contribution < -0.4 is 10.6 Å². The number of nitrogens with one attached hydrogen (secondary N) is 2. The number of carboxylic acids is 1. The number of hydrogen-bond acceptors (Lipinski definition) is 4. The van der Waals surface area contributed by atoms with Gasteiger partial charge in [-0.05, 0) is 24.6 Å². The molecule has 1 amide bonds. The average Bonchev–Trinajstić information content (AvgIpc) is 2.37. The second-order valence-corrected chi connectivity index (χ2v) is 5.47. The Hall–Kier alpha value is -1.40. The van der Waals surface area contributed by atoms with Gasteiger partial charge in [-0.3, -0.25) is 9.59 Å². The van der Waals surface area contributed by atoms with Crippen LogP contribution in [-0.4, -0.2) is 35.0 Å². The third-order valence-electron chi connectivity index (χ3n) is 2.28. The second-order valence-electron chi connectivity index (χ2n) is 4.05. The summed E-state index contributed by atoms with van der Waals surface area (Å²) in [6.07, 6.45) is 0.963. The molecule has 0 fully saturated rings. The number of halogens is 1. The Morgan fingerprint density at radius 3 is 2.70 bits per heavy atom. The topological polar surface area (TPSA) is 78.4 Å². The van der Waals surface area contributed by atoms with E-state index in [-0.39, 0.29) is 17.4 Å². The molecule has 7 heteroatoms. The van der Waals surface area contributed by atoms with Crippen LogP contribution in [0.2, 0.25) is 5.02 Å². The van der Waals surface area contributed by atoms with Gasteiger partial charge in [-0.1, -0.05) is 18.5 Å². The van der Waals surface area contributed by atoms with Crippen molar-refractivity contribution in [3.63, 3.8) is 0 Å². The molecule has 0 aliphatic heterocycles. The van der Waals surface area contributed by atoms with E-state index in [2.05, 4.69) is 10.6 Å². The summed E-state index contributed by atoms with van der Waals surface area (Å²) in [6, 6.07) is 5.21. The van der Waals surface area contributed by atoms with E-state index in [0.29, 0.717) is 10.7 Å². The number of carbonyl (C=O) groups is 2. The fourth-order valence-corrected chi connectivity index (χ4v) is 2.16. The molecule has 0 bridgehead atoms. The maximum Gasteiger partial charge on any atom is 0.313 e. The normalized spacial score (nSPS) is 10.1. The summed E-state index contributed by atoms with van der Waals surface area (Å²) >= 11 is 6.97. The number of rotatable bonds is 8. The van der Waals surface area contributed by atoms with E-state index in [1.807, 2.05) is 6.92 Å². The number of amides is 1. The van der Waals surface area contributed by atoms with Crippen LogP contribution in [0.3, 0.4) is 0 Å². The molecule has 0 atom stereocenters. The van der Waals surface area contributed by atoms with Gasteiger partial charge < -0.3 is 15.7 Å². The summed E-state index contributed by atoms with van der Waals surface area (Å²) in [5.74, 6) is -1.19. The molecule has 0 aliphatic carbocycles. The van der Waals surface area contributed by atoms with Crippen LogP contribution in [0.15, 0.2) is 18.2 Å². The zero-order valence-electron chi connectivity index (χ0n) is 11.1. The molecule has 0 heterocycles. The second kappa shape index (κ2) is 8.71. The number of hydrogen-bond donors (Lipinski definition) is 3. The molecule has 0 radical (unpaired) electrons. The third-order valence-corrected chi connectivity index (χ3v) is 3.43. The first-order chi connectivity index (χ1) is 9.52. The Kier molecular flexibility index (Phi) is 7.25. The quantitative estimate of drug-likeness (QED) is 0.687. The Morgan fingerprint density at radius 2 is 2.05 bits per heavy atom. The zero-order valence-corrected chi connectivity index (χ0v) is 12.7.